The first-order valence-corrected chi connectivity index (χ1v) is 7.84. The van der Waals surface area contributed by atoms with Gasteiger partial charge >= 0.3 is 6.03 Å². The summed E-state index contributed by atoms with van der Waals surface area (Å²) in [4.78, 5) is 16.0. The Morgan fingerprint density at radius 1 is 1.48 bits per heavy atom. The highest BCUT2D eigenvalue weighted by Gasteiger charge is 2.62. The van der Waals surface area contributed by atoms with Crippen molar-refractivity contribution in [2.75, 3.05) is 11.9 Å². The lowest BCUT2D eigenvalue weighted by molar-refractivity contribution is 0.248. The third-order valence-corrected chi connectivity index (χ3v) is 5.46. The molecule has 2 saturated carbocycles. The van der Waals surface area contributed by atoms with Crippen molar-refractivity contribution in [2.45, 2.75) is 32.7 Å². The lowest BCUT2D eigenvalue weighted by atomic mass is 9.89. The Morgan fingerprint density at radius 3 is 3.00 bits per heavy atom. The van der Waals surface area contributed by atoms with Crippen molar-refractivity contribution in [3.05, 3.63) is 18.5 Å². The van der Waals surface area contributed by atoms with Gasteiger partial charge in [0.05, 0.1) is 0 Å². The van der Waals surface area contributed by atoms with Crippen molar-refractivity contribution < 1.29 is 4.79 Å². The van der Waals surface area contributed by atoms with E-state index in [9.17, 15) is 4.79 Å². The van der Waals surface area contributed by atoms with E-state index in [1.54, 1.807) is 11.0 Å². The molecule has 1 spiro atoms. The number of aromatic nitrogens is 3. The topological polar surface area (TPSA) is 71.8 Å². The van der Waals surface area contributed by atoms with Crippen LogP contribution in [0.25, 0.3) is 0 Å². The molecule has 6 nitrogen and oxygen atoms in total. The Hall–Kier alpha value is -1.85. The van der Waals surface area contributed by atoms with Crippen LogP contribution in [0.1, 0.15) is 26.2 Å². The summed E-state index contributed by atoms with van der Waals surface area (Å²) in [5.74, 6) is 2.40. The molecule has 2 N–H and O–H groups in total. The number of urea groups is 1. The minimum absolute atomic E-state index is 0.208. The molecule has 0 aliphatic heterocycles. The largest absolute Gasteiger partial charge is 0.337 e. The lowest BCUT2D eigenvalue weighted by Gasteiger charge is -2.20. The zero-order valence-electron chi connectivity index (χ0n) is 12.2. The Kier molecular flexibility index (Phi) is 2.80. The Bertz CT molecular complexity index is 589. The number of allylic oxidation sites excluding steroid dienone is 2. The molecular formula is C15H21N5O. The summed E-state index contributed by atoms with van der Waals surface area (Å²) in [7, 11) is 0. The van der Waals surface area contributed by atoms with Crippen molar-refractivity contribution >= 4 is 12.0 Å². The van der Waals surface area contributed by atoms with Gasteiger partial charge < -0.3 is 5.32 Å². The molecule has 1 aromatic heterocycles. The van der Waals surface area contributed by atoms with Crippen molar-refractivity contribution in [1.82, 2.24) is 20.1 Å². The van der Waals surface area contributed by atoms with E-state index >= 15 is 0 Å². The van der Waals surface area contributed by atoms with Crippen LogP contribution in [0.2, 0.25) is 0 Å². The van der Waals surface area contributed by atoms with Crippen LogP contribution in [-0.4, -0.2) is 27.3 Å². The van der Waals surface area contributed by atoms with E-state index in [2.05, 4.69) is 32.9 Å². The summed E-state index contributed by atoms with van der Waals surface area (Å²) in [5, 5.41) is 9.81. The summed E-state index contributed by atoms with van der Waals surface area (Å²) in [6.45, 7) is 3.47. The van der Waals surface area contributed by atoms with Crippen molar-refractivity contribution in [1.29, 1.82) is 0 Å². The van der Waals surface area contributed by atoms with E-state index in [1.807, 2.05) is 6.92 Å². The van der Waals surface area contributed by atoms with E-state index in [0.29, 0.717) is 23.2 Å². The van der Waals surface area contributed by atoms with Crippen LogP contribution < -0.4 is 10.6 Å². The maximum absolute atomic E-state index is 11.9. The van der Waals surface area contributed by atoms with Gasteiger partial charge in [0, 0.05) is 13.1 Å². The third kappa shape index (κ3) is 2.04. The van der Waals surface area contributed by atoms with Gasteiger partial charge in [0.25, 0.3) is 0 Å². The number of hydrogen-bond donors (Lipinski definition) is 2. The van der Waals surface area contributed by atoms with Gasteiger partial charge in [-0.15, -0.1) is 5.10 Å². The Morgan fingerprint density at radius 2 is 2.33 bits per heavy atom. The van der Waals surface area contributed by atoms with Gasteiger partial charge in [-0.05, 0) is 49.4 Å². The molecule has 1 aromatic rings. The maximum Gasteiger partial charge on any atom is 0.321 e. The SMILES string of the molecule is CCn1cnc(NC(=O)NC[C@@H]2C[C@@H]3C=C[C@H]2C32CC2)n1. The minimum atomic E-state index is -0.208. The average molecular weight is 287 g/mol. The van der Waals surface area contributed by atoms with Crippen LogP contribution in [0.4, 0.5) is 10.7 Å². The monoisotopic (exact) mass is 287 g/mol. The summed E-state index contributed by atoms with van der Waals surface area (Å²) in [6.07, 6.45) is 10.4. The molecule has 112 valence electrons. The number of hydrogen-bond acceptors (Lipinski definition) is 3. The second kappa shape index (κ2) is 4.58. The number of carbonyl (C=O) groups is 1. The average Bonchev–Trinajstić information content (AvgIpc) is 2.93. The molecule has 0 radical (unpaired) electrons. The zero-order valence-corrected chi connectivity index (χ0v) is 12.2. The van der Waals surface area contributed by atoms with Gasteiger partial charge in [-0.25, -0.2) is 9.78 Å². The molecule has 0 unspecified atom stereocenters. The highest BCUT2D eigenvalue weighted by molar-refractivity contribution is 5.87. The number of amides is 2. The highest BCUT2D eigenvalue weighted by atomic mass is 16.2. The molecule has 0 saturated heterocycles. The molecule has 3 atom stereocenters. The summed E-state index contributed by atoms with van der Waals surface area (Å²) < 4.78 is 1.69. The molecule has 0 aromatic carbocycles. The van der Waals surface area contributed by atoms with Crippen LogP contribution in [-0.2, 0) is 6.54 Å². The molecule has 2 bridgehead atoms. The van der Waals surface area contributed by atoms with Gasteiger partial charge in [0.2, 0.25) is 5.95 Å². The third-order valence-electron chi connectivity index (χ3n) is 5.46. The Labute approximate surface area is 124 Å². The number of aryl methyl sites for hydroxylation is 1. The van der Waals surface area contributed by atoms with Crippen LogP contribution in [0.5, 0.6) is 0 Å². The molecule has 3 aliphatic rings. The second-order valence-electron chi connectivity index (χ2n) is 6.51. The quantitative estimate of drug-likeness (QED) is 0.832. The summed E-state index contributed by atoms with van der Waals surface area (Å²) in [5.41, 5.74) is 0.588. The fourth-order valence-corrected chi connectivity index (χ4v) is 4.23. The molecule has 3 aliphatic carbocycles. The molecule has 6 heteroatoms. The normalized spacial score (nSPS) is 30.8. The number of nitrogens with zero attached hydrogens (tertiary/aromatic N) is 3. The van der Waals surface area contributed by atoms with Crippen LogP contribution >= 0.6 is 0 Å². The first-order valence-electron chi connectivity index (χ1n) is 7.84. The van der Waals surface area contributed by atoms with Crippen LogP contribution in [0, 0.1) is 23.2 Å². The van der Waals surface area contributed by atoms with Crippen molar-refractivity contribution in [3.63, 3.8) is 0 Å². The fourth-order valence-electron chi connectivity index (χ4n) is 4.23. The number of rotatable bonds is 4. The van der Waals surface area contributed by atoms with Gasteiger partial charge in [-0.3, -0.25) is 10.00 Å². The van der Waals surface area contributed by atoms with E-state index in [-0.39, 0.29) is 6.03 Å². The van der Waals surface area contributed by atoms with Gasteiger partial charge in [0.1, 0.15) is 6.33 Å². The van der Waals surface area contributed by atoms with Crippen molar-refractivity contribution in [2.24, 2.45) is 23.2 Å². The Balaban J connectivity index is 1.29. The van der Waals surface area contributed by atoms with Gasteiger partial charge in [-0.2, -0.15) is 0 Å². The van der Waals surface area contributed by atoms with Crippen LogP contribution in [0.15, 0.2) is 18.5 Å². The van der Waals surface area contributed by atoms with Crippen LogP contribution in [0.3, 0.4) is 0 Å². The van der Waals surface area contributed by atoms with E-state index in [0.717, 1.165) is 19.0 Å². The fraction of sp³-hybridized carbons (Fsp3) is 0.667. The molecular weight excluding hydrogens is 266 g/mol. The second-order valence-corrected chi connectivity index (χ2v) is 6.51. The molecule has 4 rings (SSSR count). The highest BCUT2D eigenvalue weighted by Crippen LogP contribution is 2.69. The van der Waals surface area contributed by atoms with Gasteiger partial charge in [0.15, 0.2) is 0 Å². The first kappa shape index (κ1) is 12.9. The molecule has 2 amide bonds. The predicted molar refractivity (Wildman–Crippen MR) is 78.6 cm³/mol. The standard InChI is InChI=1S/C15H21N5O/c1-2-20-9-17-13(19-20)18-14(21)16-8-10-7-11-3-4-12(10)15(11)5-6-15/h3-4,9-12H,2,5-8H2,1H3,(H2,16,18,19,21)/t10-,11-,12+/m0/s1. The lowest BCUT2D eigenvalue weighted by Crippen LogP contribution is -2.35. The maximum atomic E-state index is 11.9. The number of nitrogens with one attached hydrogen (secondary N) is 2. The summed E-state index contributed by atoms with van der Waals surface area (Å²) >= 11 is 0. The first-order chi connectivity index (χ1) is 10.2. The van der Waals surface area contributed by atoms with E-state index in [1.165, 1.54) is 19.3 Å². The number of carbonyl (C=O) groups excluding carboxylic acids is 1. The minimum Gasteiger partial charge on any atom is -0.337 e. The van der Waals surface area contributed by atoms with E-state index in [4.69, 9.17) is 0 Å². The van der Waals surface area contributed by atoms with E-state index < -0.39 is 0 Å². The smallest absolute Gasteiger partial charge is 0.321 e. The van der Waals surface area contributed by atoms with Gasteiger partial charge in [-0.1, -0.05) is 12.2 Å². The molecule has 21 heavy (non-hydrogen) atoms. The molecule has 2 fully saturated rings. The molecule has 1 heterocycles. The van der Waals surface area contributed by atoms with Crippen molar-refractivity contribution in [3.8, 4) is 0 Å². The summed E-state index contributed by atoms with van der Waals surface area (Å²) in [6, 6.07) is -0.208. The number of anilines is 1. The predicted octanol–water partition coefficient (Wildman–Crippen LogP) is 2.02. The zero-order chi connectivity index (χ0) is 14.4.